The van der Waals surface area contributed by atoms with Gasteiger partial charge in [0.05, 0.1) is 12.7 Å². The van der Waals surface area contributed by atoms with Crippen LogP contribution in [-0.4, -0.2) is 49.6 Å². The summed E-state index contributed by atoms with van der Waals surface area (Å²) in [5.74, 6) is 0.277. The minimum absolute atomic E-state index is 0.00307. The Labute approximate surface area is 141 Å². The Morgan fingerprint density at radius 1 is 1.38 bits per heavy atom. The molecule has 1 amide bonds. The largest absolute Gasteiger partial charge is 0.493 e. The van der Waals surface area contributed by atoms with Gasteiger partial charge in [0.2, 0.25) is 5.91 Å². The summed E-state index contributed by atoms with van der Waals surface area (Å²) >= 11 is 0. The van der Waals surface area contributed by atoms with E-state index in [0.717, 1.165) is 12.1 Å². The highest BCUT2D eigenvalue weighted by Crippen LogP contribution is 2.29. The molecule has 6 heteroatoms. The second-order valence-electron chi connectivity index (χ2n) is 6.07. The van der Waals surface area contributed by atoms with Crippen LogP contribution in [0.25, 0.3) is 0 Å². The molecule has 1 N–H and O–H groups in total. The molecule has 1 aromatic rings. The smallest absolute Gasteiger partial charge is 0.337 e. The van der Waals surface area contributed by atoms with E-state index in [2.05, 4.69) is 10.2 Å². The Morgan fingerprint density at radius 3 is 2.83 bits per heavy atom. The second kappa shape index (κ2) is 7.05. The molecule has 6 nitrogen and oxygen atoms in total. The molecule has 0 radical (unpaired) electrons. The van der Waals surface area contributed by atoms with Gasteiger partial charge in [-0.25, -0.2) is 4.79 Å². The minimum atomic E-state index is -0.342. The third kappa shape index (κ3) is 3.28. The van der Waals surface area contributed by atoms with Crippen molar-refractivity contribution in [3.63, 3.8) is 0 Å². The Morgan fingerprint density at radius 2 is 2.12 bits per heavy atom. The lowest BCUT2D eigenvalue weighted by atomic mass is 10.0. The van der Waals surface area contributed by atoms with Crippen LogP contribution < -0.4 is 5.32 Å². The molecule has 1 fully saturated rings. The lowest BCUT2D eigenvalue weighted by Gasteiger charge is -2.36. The van der Waals surface area contributed by atoms with E-state index in [1.54, 1.807) is 6.92 Å². The standard InChI is InChI=1S/C18H22N2O4/c1-12-15(18(22)23-2)10-14(24-12)11-20-9-8-19-17(21)16(20)13-6-4-3-5-7-13/h3-7,14,16H,8-11H2,1-2H3,(H,19,21)/t14-,16-/m0/s1. The van der Waals surface area contributed by atoms with Gasteiger partial charge in [-0.05, 0) is 12.5 Å². The van der Waals surface area contributed by atoms with E-state index in [4.69, 9.17) is 9.47 Å². The molecule has 0 aromatic heterocycles. The molecule has 0 spiro atoms. The van der Waals surface area contributed by atoms with Crippen LogP contribution in [0, 0.1) is 0 Å². The van der Waals surface area contributed by atoms with Crippen LogP contribution in [0.1, 0.15) is 24.9 Å². The fourth-order valence-electron chi connectivity index (χ4n) is 3.36. The zero-order valence-electron chi connectivity index (χ0n) is 14.0. The van der Waals surface area contributed by atoms with Crippen LogP contribution in [0.2, 0.25) is 0 Å². The molecule has 3 rings (SSSR count). The fourth-order valence-corrected chi connectivity index (χ4v) is 3.36. The summed E-state index contributed by atoms with van der Waals surface area (Å²) in [7, 11) is 1.37. The molecular formula is C18H22N2O4. The maximum atomic E-state index is 12.4. The number of carbonyl (C=O) groups is 2. The Hall–Kier alpha value is -2.34. The summed E-state index contributed by atoms with van der Waals surface area (Å²) in [6, 6.07) is 9.39. The predicted molar refractivity (Wildman–Crippen MR) is 88.0 cm³/mol. The molecule has 0 aliphatic carbocycles. The zero-order valence-corrected chi connectivity index (χ0v) is 14.0. The molecule has 1 aromatic carbocycles. The lowest BCUT2D eigenvalue weighted by molar-refractivity contribution is -0.136. The first-order valence-corrected chi connectivity index (χ1v) is 8.11. The minimum Gasteiger partial charge on any atom is -0.493 e. The highest BCUT2D eigenvalue weighted by atomic mass is 16.5. The van der Waals surface area contributed by atoms with Crippen molar-refractivity contribution in [2.45, 2.75) is 25.5 Å². The average Bonchev–Trinajstić information content (AvgIpc) is 2.95. The predicted octanol–water partition coefficient (Wildman–Crippen LogP) is 1.40. The van der Waals surface area contributed by atoms with Crippen LogP contribution in [-0.2, 0) is 19.1 Å². The Balaban J connectivity index is 1.72. The van der Waals surface area contributed by atoms with E-state index in [1.165, 1.54) is 7.11 Å². The third-order valence-electron chi connectivity index (χ3n) is 4.50. The number of methoxy groups -OCH3 is 1. The number of ether oxygens (including phenoxy) is 2. The van der Waals surface area contributed by atoms with Gasteiger partial charge >= 0.3 is 5.97 Å². The maximum absolute atomic E-state index is 12.4. The van der Waals surface area contributed by atoms with E-state index in [-0.39, 0.29) is 24.0 Å². The molecule has 0 saturated carbocycles. The van der Waals surface area contributed by atoms with Gasteiger partial charge in [0.15, 0.2) is 0 Å². The molecular weight excluding hydrogens is 308 g/mol. The van der Waals surface area contributed by atoms with Crippen molar-refractivity contribution in [3.05, 3.63) is 47.2 Å². The SMILES string of the molecule is COC(=O)C1=C(C)O[C@H](CN2CCNC(=O)[C@@H]2c2ccccc2)C1. The monoisotopic (exact) mass is 330 g/mol. The van der Waals surface area contributed by atoms with Gasteiger partial charge in [0.1, 0.15) is 17.9 Å². The molecule has 2 heterocycles. The first-order chi connectivity index (χ1) is 11.6. The summed E-state index contributed by atoms with van der Waals surface area (Å²) < 4.78 is 10.6. The van der Waals surface area contributed by atoms with Gasteiger partial charge in [0.25, 0.3) is 0 Å². The van der Waals surface area contributed by atoms with E-state index in [0.29, 0.717) is 30.8 Å². The van der Waals surface area contributed by atoms with Gasteiger partial charge in [-0.15, -0.1) is 0 Å². The summed E-state index contributed by atoms with van der Waals surface area (Å²) in [4.78, 5) is 26.3. The number of carbonyl (C=O) groups excluding carboxylic acids is 2. The fraction of sp³-hybridized carbons (Fsp3) is 0.444. The number of nitrogens with zero attached hydrogens (tertiary/aromatic N) is 1. The second-order valence-corrected chi connectivity index (χ2v) is 6.07. The molecule has 1 saturated heterocycles. The molecule has 24 heavy (non-hydrogen) atoms. The van der Waals surface area contributed by atoms with E-state index >= 15 is 0 Å². The summed E-state index contributed by atoms with van der Waals surface area (Å²) in [6.45, 7) is 3.73. The van der Waals surface area contributed by atoms with Gasteiger partial charge in [-0.2, -0.15) is 0 Å². The molecule has 0 bridgehead atoms. The van der Waals surface area contributed by atoms with E-state index < -0.39 is 0 Å². The average molecular weight is 330 g/mol. The van der Waals surface area contributed by atoms with Crippen molar-refractivity contribution < 1.29 is 19.1 Å². The number of rotatable bonds is 4. The topological polar surface area (TPSA) is 67.9 Å². The summed E-state index contributed by atoms with van der Waals surface area (Å²) in [6.07, 6.45) is 0.370. The molecule has 0 unspecified atom stereocenters. The van der Waals surface area contributed by atoms with Gasteiger partial charge in [-0.3, -0.25) is 9.69 Å². The molecule has 128 valence electrons. The normalized spacial score (nSPS) is 24.5. The number of piperazine rings is 1. The van der Waals surface area contributed by atoms with Crippen molar-refractivity contribution in [1.29, 1.82) is 0 Å². The van der Waals surface area contributed by atoms with Crippen LogP contribution in [0.4, 0.5) is 0 Å². The number of nitrogens with one attached hydrogen (secondary N) is 1. The van der Waals surface area contributed by atoms with Crippen molar-refractivity contribution >= 4 is 11.9 Å². The first-order valence-electron chi connectivity index (χ1n) is 8.11. The lowest BCUT2D eigenvalue weighted by Crippen LogP contribution is -2.51. The number of amides is 1. The maximum Gasteiger partial charge on any atom is 0.337 e. The van der Waals surface area contributed by atoms with Crippen molar-refractivity contribution in [2.24, 2.45) is 0 Å². The molecule has 2 aliphatic heterocycles. The van der Waals surface area contributed by atoms with Crippen LogP contribution in [0.3, 0.4) is 0 Å². The van der Waals surface area contributed by atoms with Crippen molar-refractivity contribution in [3.8, 4) is 0 Å². The highest BCUT2D eigenvalue weighted by Gasteiger charge is 2.36. The Bertz CT molecular complexity index is 656. The van der Waals surface area contributed by atoms with Crippen LogP contribution >= 0.6 is 0 Å². The number of esters is 1. The first kappa shape index (κ1) is 16.5. The van der Waals surface area contributed by atoms with Crippen LogP contribution in [0.15, 0.2) is 41.7 Å². The quantitative estimate of drug-likeness (QED) is 0.845. The van der Waals surface area contributed by atoms with Gasteiger partial charge in [-0.1, -0.05) is 30.3 Å². The highest BCUT2D eigenvalue weighted by molar-refractivity contribution is 5.89. The molecule has 2 atom stereocenters. The number of hydrogen-bond acceptors (Lipinski definition) is 5. The van der Waals surface area contributed by atoms with Crippen molar-refractivity contribution in [2.75, 3.05) is 26.7 Å². The number of allylic oxidation sites excluding steroid dienone is 1. The number of benzene rings is 1. The third-order valence-corrected chi connectivity index (χ3v) is 4.50. The van der Waals surface area contributed by atoms with Gasteiger partial charge < -0.3 is 14.8 Å². The van der Waals surface area contributed by atoms with E-state index in [1.807, 2.05) is 30.3 Å². The van der Waals surface area contributed by atoms with Crippen LogP contribution in [0.5, 0.6) is 0 Å². The molecule has 2 aliphatic rings. The Kier molecular flexibility index (Phi) is 4.85. The summed E-state index contributed by atoms with van der Waals surface area (Å²) in [5, 5.41) is 2.92. The van der Waals surface area contributed by atoms with Crippen molar-refractivity contribution in [1.82, 2.24) is 10.2 Å². The zero-order chi connectivity index (χ0) is 17.1. The number of hydrogen-bond donors (Lipinski definition) is 1. The summed E-state index contributed by atoms with van der Waals surface area (Å²) in [5.41, 5.74) is 1.55. The van der Waals surface area contributed by atoms with Gasteiger partial charge in [0, 0.05) is 26.1 Å². The van der Waals surface area contributed by atoms with E-state index in [9.17, 15) is 9.59 Å².